The molecule has 0 aromatic carbocycles. The number of carbonyl (C=O) groups excluding carboxylic acids is 1. The molecule has 0 aliphatic carbocycles. The van der Waals surface area contributed by atoms with Gasteiger partial charge in [-0.25, -0.2) is 4.99 Å². The second-order valence-electron chi connectivity index (χ2n) is 6.14. The smallest absolute Gasteiger partial charge is 0.243 e. The molecule has 0 saturated carbocycles. The number of guanidine groups is 1. The predicted molar refractivity (Wildman–Crippen MR) is 96.7 cm³/mol. The Morgan fingerprint density at radius 1 is 1.39 bits per heavy atom. The molecule has 1 aliphatic heterocycles. The van der Waals surface area contributed by atoms with Crippen LogP contribution in [0.5, 0.6) is 0 Å². The third-order valence-corrected chi connectivity index (χ3v) is 4.20. The zero-order valence-corrected chi connectivity index (χ0v) is 15.0. The zero-order valence-electron chi connectivity index (χ0n) is 15.0. The first-order valence-corrected chi connectivity index (χ1v) is 8.65. The first-order valence-electron chi connectivity index (χ1n) is 8.65. The Morgan fingerprint density at radius 2 is 2.17 bits per heavy atom. The van der Waals surface area contributed by atoms with Gasteiger partial charge in [-0.1, -0.05) is 19.4 Å². The lowest BCUT2D eigenvalue weighted by Gasteiger charge is -2.35. The van der Waals surface area contributed by atoms with Crippen molar-refractivity contribution in [3.8, 4) is 0 Å². The Balaban J connectivity index is 2.44. The molecule has 0 aromatic rings. The maximum Gasteiger partial charge on any atom is 0.243 e. The number of piperidine rings is 1. The van der Waals surface area contributed by atoms with Crippen LogP contribution in [-0.2, 0) is 4.79 Å². The van der Waals surface area contributed by atoms with Crippen LogP contribution < -0.4 is 10.6 Å². The molecule has 2 N–H and O–H groups in total. The highest BCUT2D eigenvalue weighted by Crippen LogP contribution is 2.18. The molecule has 1 heterocycles. The molecule has 1 amide bonds. The van der Waals surface area contributed by atoms with Crippen molar-refractivity contribution in [3.63, 3.8) is 0 Å². The van der Waals surface area contributed by atoms with Crippen LogP contribution in [0.3, 0.4) is 0 Å². The van der Waals surface area contributed by atoms with Gasteiger partial charge in [-0.15, -0.1) is 6.58 Å². The van der Waals surface area contributed by atoms with Crippen molar-refractivity contribution in [2.75, 3.05) is 46.8 Å². The second kappa shape index (κ2) is 11.0. The van der Waals surface area contributed by atoms with E-state index in [0.717, 1.165) is 13.1 Å². The second-order valence-corrected chi connectivity index (χ2v) is 6.14. The fraction of sp³-hybridized carbons (Fsp3) is 0.765. The van der Waals surface area contributed by atoms with Gasteiger partial charge in [0.05, 0.1) is 0 Å². The van der Waals surface area contributed by atoms with Crippen molar-refractivity contribution in [2.24, 2.45) is 4.99 Å². The molecule has 23 heavy (non-hydrogen) atoms. The Kier molecular flexibility index (Phi) is 9.36. The van der Waals surface area contributed by atoms with Gasteiger partial charge in [-0.05, 0) is 25.8 Å². The number of hydrogen-bond donors (Lipinski definition) is 2. The van der Waals surface area contributed by atoms with Gasteiger partial charge in [0, 0.05) is 39.8 Å². The van der Waals surface area contributed by atoms with Gasteiger partial charge in [0.1, 0.15) is 6.54 Å². The molecule has 6 heteroatoms. The van der Waals surface area contributed by atoms with Crippen LogP contribution in [-0.4, -0.2) is 74.5 Å². The Morgan fingerprint density at radius 3 is 2.83 bits per heavy atom. The highest BCUT2D eigenvalue weighted by atomic mass is 16.2. The molecule has 1 fully saturated rings. The van der Waals surface area contributed by atoms with E-state index in [1.165, 1.54) is 32.2 Å². The lowest BCUT2D eigenvalue weighted by Crippen LogP contribution is -2.46. The van der Waals surface area contributed by atoms with Gasteiger partial charge < -0.3 is 15.5 Å². The van der Waals surface area contributed by atoms with Crippen molar-refractivity contribution in [3.05, 3.63) is 12.7 Å². The van der Waals surface area contributed by atoms with Gasteiger partial charge in [-0.3, -0.25) is 9.69 Å². The highest BCUT2D eigenvalue weighted by molar-refractivity contribution is 5.84. The standard InChI is InChI=1S/C17H33N5O/c1-5-10-18-17(20-14-16(23)21(3)4)19-11-13-22-12-8-7-9-15(22)6-2/h5,15H,1,6-14H2,2-4H3,(H2,18,19,20). The summed E-state index contributed by atoms with van der Waals surface area (Å²) in [5.41, 5.74) is 0. The van der Waals surface area contributed by atoms with Gasteiger partial charge in [-0.2, -0.15) is 0 Å². The third-order valence-electron chi connectivity index (χ3n) is 4.20. The summed E-state index contributed by atoms with van der Waals surface area (Å²) < 4.78 is 0. The van der Waals surface area contributed by atoms with Crippen molar-refractivity contribution < 1.29 is 4.79 Å². The summed E-state index contributed by atoms with van der Waals surface area (Å²) >= 11 is 0. The van der Waals surface area contributed by atoms with Crippen LogP contribution >= 0.6 is 0 Å². The van der Waals surface area contributed by atoms with Gasteiger partial charge in [0.25, 0.3) is 0 Å². The molecule has 0 bridgehead atoms. The average Bonchev–Trinajstić information content (AvgIpc) is 2.56. The monoisotopic (exact) mass is 323 g/mol. The average molecular weight is 323 g/mol. The van der Waals surface area contributed by atoms with E-state index in [1.807, 2.05) is 0 Å². The number of hydrogen-bond acceptors (Lipinski definition) is 3. The molecular weight excluding hydrogens is 290 g/mol. The van der Waals surface area contributed by atoms with Crippen LogP contribution in [0.15, 0.2) is 17.6 Å². The SMILES string of the molecule is C=CCNC(=NCC(=O)N(C)C)NCCN1CCCCC1CC. The summed E-state index contributed by atoms with van der Waals surface area (Å²) in [6.45, 7) is 9.77. The number of likely N-dealkylation sites (tertiary alicyclic amines) is 1. The Bertz CT molecular complexity index is 394. The topological polar surface area (TPSA) is 60.0 Å². The molecule has 0 spiro atoms. The quantitative estimate of drug-likeness (QED) is 0.398. The number of carbonyl (C=O) groups is 1. The van der Waals surface area contributed by atoms with E-state index in [9.17, 15) is 4.79 Å². The van der Waals surface area contributed by atoms with E-state index < -0.39 is 0 Å². The minimum atomic E-state index is -0.00761. The predicted octanol–water partition coefficient (Wildman–Crippen LogP) is 1.06. The van der Waals surface area contributed by atoms with Crippen LogP contribution in [0.2, 0.25) is 0 Å². The van der Waals surface area contributed by atoms with Gasteiger partial charge in [0.15, 0.2) is 5.96 Å². The molecule has 1 saturated heterocycles. The molecular formula is C17H33N5O. The molecule has 132 valence electrons. The maximum absolute atomic E-state index is 11.7. The van der Waals surface area contributed by atoms with E-state index in [-0.39, 0.29) is 12.5 Å². The van der Waals surface area contributed by atoms with Crippen LogP contribution in [0.25, 0.3) is 0 Å². The summed E-state index contributed by atoms with van der Waals surface area (Å²) in [7, 11) is 3.48. The minimum Gasteiger partial charge on any atom is -0.355 e. The number of rotatable bonds is 8. The van der Waals surface area contributed by atoms with Gasteiger partial charge in [0.2, 0.25) is 5.91 Å². The Labute approximate surface area is 141 Å². The zero-order chi connectivity index (χ0) is 17.1. The molecule has 0 radical (unpaired) electrons. The number of nitrogens with one attached hydrogen (secondary N) is 2. The summed E-state index contributed by atoms with van der Waals surface area (Å²) in [6.07, 6.45) is 6.95. The number of amides is 1. The van der Waals surface area contributed by atoms with Crippen molar-refractivity contribution in [2.45, 2.75) is 38.6 Å². The fourth-order valence-corrected chi connectivity index (χ4v) is 2.77. The highest BCUT2D eigenvalue weighted by Gasteiger charge is 2.19. The van der Waals surface area contributed by atoms with Gasteiger partial charge >= 0.3 is 0 Å². The normalized spacial score (nSPS) is 19.3. The van der Waals surface area contributed by atoms with Crippen LogP contribution in [0.1, 0.15) is 32.6 Å². The largest absolute Gasteiger partial charge is 0.355 e. The van der Waals surface area contributed by atoms with Crippen LogP contribution in [0.4, 0.5) is 0 Å². The molecule has 0 aromatic heterocycles. The van der Waals surface area contributed by atoms with E-state index in [0.29, 0.717) is 18.5 Å². The number of likely N-dealkylation sites (N-methyl/N-ethyl adjacent to an activating group) is 1. The minimum absolute atomic E-state index is 0.00761. The first-order chi connectivity index (χ1) is 11.1. The third kappa shape index (κ3) is 7.50. The molecule has 1 aliphatic rings. The molecule has 1 unspecified atom stereocenters. The lowest BCUT2D eigenvalue weighted by molar-refractivity contribution is -0.127. The van der Waals surface area contributed by atoms with Crippen molar-refractivity contribution >= 4 is 11.9 Å². The summed E-state index contributed by atoms with van der Waals surface area (Å²) in [5.74, 6) is 0.664. The van der Waals surface area contributed by atoms with E-state index in [1.54, 1.807) is 25.1 Å². The van der Waals surface area contributed by atoms with Crippen molar-refractivity contribution in [1.29, 1.82) is 0 Å². The summed E-state index contributed by atoms with van der Waals surface area (Å²) in [5, 5.41) is 6.48. The van der Waals surface area contributed by atoms with E-state index >= 15 is 0 Å². The van der Waals surface area contributed by atoms with E-state index in [2.05, 4.69) is 34.0 Å². The molecule has 1 rings (SSSR count). The number of nitrogens with zero attached hydrogens (tertiary/aromatic N) is 3. The Hall–Kier alpha value is -1.56. The van der Waals surface area contributed by atoms with Crippen molar-refractivity contribution in [1.82, 2.24) is 20.4 Å². The summed E-state index contributed by atoms with van der Waals surface area (Å²) in [6, 6.07) is 0.711. The summed E-state index contributed by atoms with van der Waals surface area (Å²) in [4.78, 5) is 20.1. The number of aliphatic imine (C=N–C) groups is 1. The maximum atomic E-state index is 11.7. The fourth-order valence-electron chi connectivity index (χ4n) is 2.77. The van der Waals surface area contributed by atoms with Crippen LogP contribution in [0, 0.1) is 0 Å². The molecule has 6 nitrogen and oxygen atoms in total. The molecule has 1 atom stereocenters. The van der Waals surface area contributed by atoms with E-state index in [4.69, 9.17) is 0 Å². The first kappa shape index (κ1) is 19.5. The lowest BCUT2D eigenvalue weighted by atomic mass is 10.0.